The number of hydrogen-bond donors (Lipinski definition) is 2. The first-order chi connectivity index (χ1) is 9.40. The fourth-order valence-corrected chi connectivity index (χ4v) is 2.53. The van der Waals surface area contributed by atoms with Crippen LogP contribution >= 0.6 is 35.3 Å². The van der Waals surface area contributed by atoms with Gasteiger partial charge in [0.05, 0.1) is 10.7 Å². The molecule has 0 atom stereocenters. The summed E-state index contributed by atoms with van der Waals surface area (Å²) in [7, 11) is 1.81. The first-order valence-electron chi connectivity index (χ1n) is 7.26. The van der Waals surface area contributed by atoms with Crippen LogP contribution < -0.4 is 10.6 Å². The Hall–Kier alpha value is -0.370. The van der Waals surface area contributed by atoms with Crippen LogP contribution in [0.4, 0.5) is 0 Å². The minimum Gasteiger partial charge on any atom is -0.356 e. The highest BCUT2D eigenvalue weighted by molar-refractivity contribution is 14.0. The van der Waals surface area contributed by atoms with Crippen LogP contribution in [-0.2, 0) is 6.42 Å². The summed E-state index contributed by atoms with van der Waals surface area (Å²) in [4.78, 5) is 8.69. The summed E-state index contributed by atoms with van der Waals surface area (Å²) in [5.41, 5.74) is 1.56. The predicted molar refractivity (Wildman–Crippen MR) is 104 cm³/mol. The molecule has 0 aliphatic rings. The number of nitrogens with zero attached hydrogens (tertiary/aromatic N) is 2. The monoisotopic (exact) mass is 424 g/mol. The molecule has 0 amide bonds. The lowest BCUT2D eigenvalue weighted by molar-refractivity contribution is 0.365. The predicted octanol–water partition coefficient (Wildman–Crippen LogP) is 3.60. The van der Waals surface area contributed by atoms with Gasteiger partial charge in [0.25, 0.3) is 0 Å². The van der Waals surface area contributed by atoms with Gasteiger partial charge in [-0.3, -0.25) is 4.99 Å². The van der Waals surface area contributed by atoms with Crippen LogP contribution in [0.5, 0.6) is 0 Å². The van der Waals surface area contributed by atoms with Gasteiger partial charge in [0.1, 0.15) is 0 Å². The molecule has 1 aromatic rings. The Morgan fingerprint density at radius 1 is 1.29 bits per heavy atom. The van der Waals surface area contributed by atoms with Gasteiger partial charge < -0.3 is 10.6 Å². The van der Waals surface area contributed by atoms with E-state index in [1.54, 1.807) is 11.3 Å². The first-order valence-corrected chi connectivity index (χ1v) is 8.14. The molecule has 0 bridgehead atoms. The average Bonchev–Trinajstić information content (AvgIpc) is 2.77. The Balaban J connectivity index is 0.00000400. The van der Waals surface area contributed by atoms with E-state index in [0.29, 0.717) is 5.41 Å². The molecule has 0 aliphatic heterocycles. The van der Waals surface area contributed by atoms with E-state index in [4.69, 9.17) is 0 Å². The Morgan fingerprint density at radius 2 is 1.95 bits per heavy atom. The lowest BCUT2D eigenvalue weighted by Crippen LogP contribution is -2.38. The van der Waals surface area contributed by atoms with Gasteiger partial charge in [0.2, 0.25) is 0 Å². The van der Waals surface area contributed by atoms with Crippen molar-refractivity contribution in [3.63, 3.8) is 0 Å². The van der Waals surface area contributed by atoms with Crippen molar-refractivity contribution in [3.05, 3.63) is 16.1 Å². The molecular weight excluding hydrogens is 395 g/mol. The Morgan fingerprint density at radius 3 is 2.48 bits per heavy atom. The minimum absolute atomic E-state index is 0. The van der Waals surface area contributed by atoms with Crippen LogP contribution in [0, 0.1) is 12.3 Å². The zero-order chi connectivity index (χ0) is 15.0. The number of rotatable bonds is 6. The highest BCUT2D eigenvalue weighted by Gasteiger charge is 2.09. The van der Waals surface area contributed by atoms with E-state index < -0.39 is 0 Å². The van der Waals surface area contributed by atoms with Crippen LogP contribution in [0.3, 0.4) is 0 Å². The molecule has 0 radical (unpaired) electrons. The number of hydrogen-bond acceptors (Lipinski definition) is 3. The van der Waals surface area contributed by atoms with Gasteiger partial charge in [-0.2, -0.15) is 0 Å². The topological polar surface area (TPSA) is 49.3 Å². The van der Waals surface area contributed by atoms with Crippen molar-refractivity contribution in [3.8, 4) is 0 Å². The molecule has 4 nitrogen and oxygen atoms in total. The fraction of sp³-hybridized carbons (Fsp3) is 0.733. The molecule has 1 rings (SSSR count). The lowest BCUT2D eigenvalue weighted by atomic mass is 9.91. The Bertz CT molecular complexity index is 424. The largest absolute Gasteiger partial charge is 0.356 e. The summed E-state index contributed by atoms with van der Waals surface area (Å²) in [6.45, 7) is 10.7. The molecule has 0 spiro atoms. The van der Waals surface area contributed by atoms with E-state index in [9.17, 15) is 0 Å². The molecule has 0 unspecified atom stereocenters. The second kappa shape index (κ2) is 10.4. The van der Waals surface area contributed by atoms with E-state index in [1.165, 1.54) is 6.42 Å². The molecule has 2 N–H and O–H groups in total. The number of guanidine groups is 1. The Labute approximate surface area is 150 Å². The molecule has 1 heterocycles. The number of aliphatic imine (C=N–C) groups is 1. The molecule has 6 heteroatoms. The maximum absolute atomic E-state index is 4.45. The fourth-order valence-electron chi connectivity index (χ4n) is 1.88. The van der Waals surface area contributed by atoms with Crippen molar-refractivity contribution in [1.29, 1.82) is 0 Å². The smallest absolute Gasteiger partial charge is 0.190 e. The van der Waals surface area contributed by atoms with Gasteiger partial charge in [0.15, 0.2) is 5.96 Å². The summed E-state index contributed by atoms with van der Waals surface area (Å²) in [6.07, 6.45) is 3.32. The molecule has 1 aromatic heterocycles. The highest BCUT2D eigenvalue weighted by atomic mass is 127. The van der Waals surface area contributed by atoms with E-state index in [0.717, 1.165) is 42.6 Å². The molecule has 0 aliphatic carbocycles. The summed E-state index contributed by atoms with van der Waals surface area (Å²) in [5, 5.41) is 9.93. The van der Waals surface area contributed by atoms with Gasteiger partial charge in [-0.15, -0.1) is 35.3 Å². The number of nitrogens with one attached hydrogen (secondary N) is 2. The average molecular weight is 424 g/mol. The van der Waals surface area contributed by atoms with Gasteiger partial charge in [-0.05, 0) is 25.2 Å². The van der Waals surface area contributed by atoms with Crippen molar-refractivity contribution in [2.45, 2.75) is 47.0 Å². The third kappa shape index (κ3) is 10.1. The summed E-state index contributed by atoms with van der Waals surface area (Å²) in [5.74, 6) is 0.880. The first kappa shape index (κ1) is 20.6. The van der Waals surface area contributed by atoms with Crippen LogP contribution in [-0.4, -0.2) is 31.1 Å². The second-order valence-corrected chi connectivity index (χ2v) is 7.26. The minimum atomic E-state index is 0. The Kier molecular flexibility index (Phi) is 10.2. The molecule has 0 saturated carbocycles. The molecule has 0 saturated heterocycles. The number of aryl methyl sites for hydroxylation is 1. The summed E-state index contributed by atoms with van der Waals surface area (Å²) >= 11 is 1.70. The van der Waals surface area contributed by atoms with Crippen molar-refractivity contribution < 1.29 is 0 Å². The lowest BCUT2D eigenvalue weighted by Gasteiger charge is -2.18. The van der Waals surface area contributed by atoms with Crippen molar-refractivity contribution in [2.24, 2.45) is 10.4 Å². The van der Waals surface area contributed by atoms with E-state index in [-0.39, 0.29) is 24.0 Å². The number of aromatic nitrogens is 1. The molecule has 21 heavy (non-hydrogen) atoms. The molecule has 122 valence electrons. The van der Waals surface area contributed by atoms with Crippen LogP contribution in [0.1, 0.15) is 44.3 Å². The van der Waals surface area contributed by atoms with Crippen molar-refractivity contribution in [2.75, 3.05) is 20.1 Å². The number of thiazole rings is 1. The van der Waals surface area contributed by atoms with Gasteiger partial charge in [-0.1, -0.05) is 20.8 Å². The molecule has 0 aromatic carbocycles. The van der Waals surface area contributed by atoms with Crippen LogP contribution in [0.25, 0.3) is 0 Å². The zero-order valence-corrected chi connectivity index (χ0v) is 17.0. The molecule has 0 fully saturated rings. The van der Waals surface area contributed by atoms with Crippen LogP contribution in [0.2, 0.25) is 0 Å². The zero-order valence-electron chi connectivity index (χ0n) is 13.8. The van der Waals surface area contributed by atoms with Gasteiger partial charge in [-0.25, -0.2) is 4.98 Å². The van der Waals surface area contributed by atoms with Crippen molar-refractivity contribution in [1.82, 2.24) is 15.6 Å². The summed E-state index contributed by atoms with van der Waals surface area (Å²) in [6, 6.07) is 0. The number of halogens is 1. The standard InChI is InChI=1S/C15H28N4S.HI/c1-12-19-13(11-20-12)7-10-18-14(16-5)17-9-6-8-15(2,3)4;/h11H,6-10H2,1-5H3,(H2,16,17,18);1H. The second-order valence-electron chi connectivity index (χ2n) is 6.20. The maximum atomic E-state index is 4.45. The normalized spacial score (nSPS) is 12.0. The summed E-state index contributed by atoms with van der Waals surface area (Å²) < 4.78 is 0. The van der Waals surface area contributed by atoms with Crippen LogP contribution in [0.15, 0.2) is 10.4 Å². The maximum Gasteiger partial charge on any atom is 0.190 e. The van der Waals surface area contributed by atoms with E-state index in [1.807, 2.05) is 14.0 Å². The quantitative estimate of drug-likeness (QED) is 0.318. The van der Waals surface area contributed by atoms with E-state index >= 15 is 0 Å². The van der Waals surface area contributed by atoms with Crippen molar-refractivity contribution >= 4 is 41.3 Å². The highest BCUT2D eigenvalue weighted by Crippen LogP contribution is 2.19. The SMILES string of the molecule is CN=C(NCCCC(C)(C)C)NCCc1csc(C)n1.I. The van der Waals surface area contributed by atoms with E-state index in [2.05, 4.69) is 46.8 Å². The third-order valence-electron chi connectivity index (χ3n) is 2.96. The molecular formula is C15H29IN4S. The van der Waals surface area contributed by atoms with Gasteiger partial charge >= 0.3 is 0 Å². The van der Waals surface area contributed by atoms with Gasteiger partial charge in [0, 0.05) is 31.9 Å². The third-order valence-corrected chi connectivity index (χ3v) is 3.78.